The quantitative estimate of drug-likeness (QED) is 0.346. The number of benzene rings is 2. The van der Waals surface area contributed by atoms with E-state index in [0.717, 1.165) is 22.0 Å². The van der Waals surface area contributed by atoms with Gasteiger partial charge in [-0.05, 0) is 34.5 Å². The smallest absolute Gasteiger partial charge is 0.185 e. The van der Waals surface area contributed by atoms with Crippen LogP contribution in [0.25, 0.3) is 10.8 Å². The third kappa shape index (κ3) is 2.23. The van der Waals surface area contributed by atoms with Crippen molar-refractivity contribution >= 4 is 22.4 Å². The number of nitrogens with one attached hydrogen (secondary N) is 2. The predicted octanol–water partition coefficient (Wildman–Crippen LogP) is 1.41. The number of guanidine groups is 1. The van der Waals surface area contributed by atoms with E-state index >= 15 is 0 Å². The predicted molar refractivity (Wildman–Crippen MR) is 67.1 cm³/mol. The summed E-state index contributed by atoms with van der Waals surface area (Å²) in [6, 6.07) is 11.9. The van der Waals surface area contributed by atoms with Crippen molar-refractivity contribution in [1.29, 1.82) is 5.41 Å². The summed E-state index contributed by atoms with van der Waals surface area (Å²) in [5.41, 5.74) is 12.8. The molecule has 6 N–H and O–H groups in total. The van der Waals surface area contributed by atoms with Crippen molar-refractivity contribution in [3.63, 3.8) is 0 Å². The minimum Gasteiger partial charge on any atom is -0.399 e. The molecule has 0 bridgehead atoms. The van der Waals surface area contributed by atoms with E-state index in [-0.39, 0.29) is 5.96 Å². The summed E-state index contributed by atoms with van der Waals surface area (Å²) in [5.74, 6) is -0.0163. The van der Waals surface area contributed by atoms with Gasteiger partial charge in [0.05, 0.1) is 0 Å². The lowest BCUT2D eigenvalue weighted by molar-refractivity contribution is 0.898. The molecule has 0 aliphatic rings. The molecule has 0 spiro atoms. The lowest BCUT2D eigenvalue weighted by atomic mass is 10.1. The second-order valence-electron chi connectivity index (χ2n) is 3.71. The zero-order valence-electron chi connectivity index (χ0n) is 8.83. The van der Waals surface area contributed by atoms with Crippen LogP contribution in [0.2, 0.25) is 0 Å². The molecule has 0 aliphatic heterocycles. The van der Waals surface area contributed by atoms with E-state index in [1.54, 1.807) is 0 Å². The van der Waals surface area contributed by atoms with Crippen molar-refractivity contribution in [2.75, 3.05) is 5.73 Å². The molecule has 0 unspecified atom stereocenters. The van der Waals surface area contributed by atoms with Crippen molar-refractivity contribution < 1.29 is 0 Å². The van der Waals surface area contributed by atoms with Crippen molar-refractivity contribution in [2.24, 2.45) is 5.73 Å². The van der Waals surface area contributed by atoms with Crippen LogP contribution in [0, 0.1) is 5.41 Å². The third-order valence-electron chi connectivity index (χ3n) is 2.41. The molecule has 2 aromatic carbocycles. The first-order valence-electron chi connectivity index (χ1n) is 5.01. The van der Waals surface area contributed by atoms with Gasteiger partial charge in [0.25, 0.3) is 0 Å². The summed E-state index contributed by atoms with van der Waals surface area (Å²) >= 11 is 0. The Balaban J connectivity index is 2.30. The maximum Gasteiger partial charge on any atom is 0.185 e. The van der Waals surface area contributed by atoms with Crippen LogP contribution in [-0.4, -0.2) is 5.96 Å². The van der Waals surface area contributed by atoms with Gasteiger partial charge in [0.2, 0.25) is 0 Å². The molecule has 16 heavy (non-hydrogen) atoms. The number of nitrogens with two attached hydrogens (primary N) is 2. The van der Waals surface area contributed by atoms with E-state index in [4.69, 9.17) is 16.9 Å². The van der Waals surface area contributed by atoms with Crippen LogP contribution in [-0.2, 0) is 6.54 Å². The first-order chi connectivity index (χ1) is 7.65. The Kier molecular flexibility index (Phi) is 2.64. The minimum absolute atomic E-state index is 0.0163. The van der Waals surface area contributed by atoms with Crippen molar-refractivity contribution in [3.8, 4) is 0 Å². The maximum atomic E-state index is 7.08. The van der Waals surface area contributed by atoms with E-state index in [1.165, 1.54) is 0 Å². The standard InChI is InChI=1S/C12H14N4/c13-11-4-3-9-5-8(7-16-12(14)15)1-2-10(9)6-11/h1-6H,7,13H2,(H4,14,15,16). The summed E-state index contributed by atoms with van der Waals surface area (Å²) < 4.78 is 0. The van der Waals surface area contributed by atoms with Crippen LogP contribution in [0.3, 0.4) is 0 Å². The molecule has 0 atom stereocenters. The Morgan fingerprint density at radius 2 is 1.81 bits per heavy atom. The second kappa shape index (κ2) is 4.10. The van der Waals surface area contributed by atoms with E-state index in [1.807, 2.05) is 30.3 Å². The first kappa shape index (κ1) is 10.3. The molecule has 82 valence electrons. The van der Waals surface area contributed by atoms with Gasteiger partial charge in [-0.15, -0.1) is 0 Å². The van der Waals surface area contributed by atoms with Gasteiger partial charge in [0, 0.05) is 12.2 Å². The van der Waals surface area contributed by atoms with Crippen molar-refractivity contribution in [1.82, 2.24) is 5.32 Å². The summed E-state index contributed by atoms with van der Waals surface area (Å²) in [5, 5.41) is 12.1. The molecular weight excluding hydrogens is 200 g/mol. The number of hydrogen-bond acceptors (Lipinski definition) is 2. The second-order valence-corrected chi connectivity index (χ2v) is 3.71. The van der Waals surface area contributed by atoms with E-state index in [2.05, 4.69) is 11.4 Å². The third-order valence-corrected chi connectivity index (χ3v) is 2.41. The van der Waals surface area contributed by atoms with Crippen LogP contribution in [0.4, 0.5) is 5.69 Å². The van der Waals surface area contributed by atoms with E-state index in [0.29, 0.717) is 6.54 Å². The van der Waals surface area contributed by atoms with Gasteiger partial charge < -0.3 is 16.8 Å². The fraction of sp³-hybridized carbons (Fsp3) is 0.0833. The van der Waals surface area contributed by atoms with Crippen LogP contribution in [0.1, 0.15) is 5.56 Å². The number of fused-ring (bicyclic) bond motifs is 1. The van der Waals surface area contributed by atoms with Crippen LogP contribution in [0.5, 0.6) is 0 Å². The molecule has 2 rings (SSSR count). The summed E-state index contributed by atoms with van der Waals surface area (Å²) in [6.07, 6.45) is 0. The lowest BCUT2D eigenvalue weighted by Gasteiger charge is -2.06. The molecule has 0 aliphatic carbocycles. The van der Waals surface area contributed by atoms with Crippen molar-refractivity contribution in [2.45, 2.75) is 6.54 Å². The Morgan fingerprint density at radius 3 is 2.56 bits per heavy atom. The van der Waals surface area contributed by atoms with Crippen LogP contribution >= 0.6 is 0 Å². The number of anilines is 1. The average Bonchev–Trinajstić information content (AvgIpc) is 2.26. The molecule has 4 nitrogen and oxygen atoms in total. The number of rotatable bonds is 2. The maximum absolute atomic E-state index is 7.08. The molecule has 4 heteroatoms. The molecule has 0 aromatic heterocycles. The normalized spacial score (nSPS) is 10.2. The van der Waals surface area contributed by atoms with Gasteiger partial charge in [-0.2, -0.15) is 0 Å². The minimum atomic E-state index is -0.0163. The fourth-order valence-electron chi connectivity index (χ4n) is 1.62. The molecule has 0 saturated heterocycles. The molecule has 0 heterocycles. The summed E-state index contributed by atoms with van der Waals surface area (Å²) in [4.78, 5) is 0. The van der Waals surface area contributed by atoms with Gasteiger partial charge in [-0.3, -0.25) is 5.41 Å². The molecule has 2 aromatic rings. The number of nitrogen functional groups attached to an aromatic ring is 1. The Hall–Kier alpha value is -2.23. The van der Waals surface area contributed by atoms with E-state index < -0.39 is 0 Å². The van der Waals surface area contributed by atoms with Gasteiger partial charge in [-0.1, -0.05) is 18.2 Å². The van der Waals surface area contributed by atoms with Gasteiger partial charge in [-0.25, -0.2) is 0 Å². The van der Waals surface area contributed by atoms with Gasteiger partial charge in [0.15, 0.2) is 5.96 Å². The largest absolute Gasteiger partial charge is 0.399 e. The van der Waals surface area contributed by atoms with Crippen LogP contribution in [0.15, 0.2) is 36.4 Å². The van der Waals surface area contributed by atoms with Crippen LogP contribution < -0.4 is 16.8 Å². The Bertz CT molecular complexity index is 534. The molecule has 0 radical (unpaired) electrons. The zero-order valence-corrected chi connectivity index (χ0v) is 8.83. The topological polar surface area (TPSA) is 87.9 Å². The first-order valence-corrected chi connectivity index (χ1v) is 5.01. The zero-order chi connectivity index (χ0) is 11.5. The molecule has 0 fully saturated rings. The Labute approximate surface area is 93.8 Å². The fourth-order valence-corrected chi connectivity index (χ4v) is 1.62. The SMILES string of the molecule is N=C(N)NCc1ccc2cc(N)ccc2c1. The highest BCUT2D eigenvalue weighted by Crippen LogP contribution is 2.18. The van der Waals surface area contributed by atoms with Gasteiger partial charge in [0.1, 0.15) is 0 Å². The molecule has 0 amide bonds. The van der Waals surface area contributed by atoms with Gasteiger partial charge >= 0.3 is 0 Å². The monoisotopic (exact) mass is 214 g/mol. The highest BCUT2D eigenvalue weighted by molar-refractivity contribution is 5.86. The molecular formula is C12H14N4. The summed E-state index contributed by atoms with van der Waals surface area (Å²) in [6.45, 7) is 0.565. The summed E-state index contributed by atoms with van der Waals surface area (Å²) in [7, 11) is 0. The van der Waals surface area contributed by atoms with E-state index in [9.17, 15) is 0 Å². The lowest BCUT2D eigenvalue weighted by Crippen LogP contribution is -2.29. The highest BCUT2D eigenvalue weighted by Gasteiger charge is 1.97. The van der Waals surface area contributed by atoms with Crippen molar-refractivity contribution in [3.05, 3.63) is 42.0 Å². The average molecular weight is 214 g/mol. The highest BCUT2D eigenvalue weighted by atomic mass is 15.0. The molecule has 0 saturated carbocycles. The Morgan fingerprint density at radius 1 is 1.12 bits per heavy atom. The number of hydrogen-bond donors (Lipinski definition) is 4.